The standard InChI is InChI=1S/C9H15NO2/c1-3-10(8-4-5-8)7-6-9(11)12-2/h6-8H,3-5H2,1-2H3. The van der Waals surface area contributed by atoms with Crippen LogP contribution in [0.5, 0.6) is 0 Å². The Labute approximate surface area is 73.0 Å². The monoisotopic (exact) mass is 169 g/mol. The third-order valence-corrected chi connectivity index (χ3v) is 1.98. The Morgan fingerprint density at radius 1 is 1.67 bits per heavy atom. The Bertz CT molecular complexity index is 185. The first-order valence-electron chi connectivity index (χ1n) is 4.29. The van der Waals surface area contributed by atoms with Gasteiger partial charge in [-0.3, -0.25) is 0 Å². The summed E-state index contributed by atoms with van der Waals surface area (Å²) in [4.78, 5) is 12.9. The SMILES string of the molecule is CCN(C=CC(=O)OC)C1CC1. The van der Waals surface area contributed by atoms with E-state index in [1.807, 2.05) is 6.20 Å². The largest absolute Gasteiger partial charge is 0.466 e. The predicted molar refractivity (Wildman–Crippen MR) is 46.6 cm³/mol. The van der Waals surface area contributed by atoms with Gasteiger partial charge < -0.3 is 9.64 Å². The van der Waals surface area contributed by atoms with Crippen molar-refractivity contribution >= 4 is 5.97 Å². The molecule has 0 saturated heterocycles. The van der Waals surface area contributed by atoms with Crippen molar-refractivity contribution in [3.8, 4) is 0 Å². The second-order valence-corrected chi connectivity index (χ2v) is 2.90. The fourth-order valence-electron chi connectivity index (χ4n) is 1.12. The minimum Gasteiger partial charge on any atom is -0.466 e. The second kappa shape index (κ2) is 4.14. The highest BCUT2D eigenvalue weighted by atomic mass is 16.5. The fourth-order valence-corrected chi connectivity index (χ4v) is 1.12. The van der Waals surface area contributed by atoms with E-state index in [0.717, 1.165) is 6.54 Å². The van der Waals surface area contributed by atoms with Crippen LogP contribution < -0.4 is 0 Å². The van der Waals surface area contributed by atoms with Crippen LogP contribution >= 0.6 is 0 Å². The molecule has 0 aromatic carbocycles. The van der Waals surface area contributed by atoms with Crippen molar-refractivity contribution in [1.29, 1.82) is 0 Å². The Hall–Kier alpha value is -0.990. The summed E-state index contributed by atoms with van der Waals surface area (Å²) in [5.41, 5.74) is 0. The van der Waals surface area contributed by atoms with Crippen LogP contribution in [0.3, 0.4) is 0 Å². The molecule has 1 aliphatic carbocycles. The van der Waals surface area contributed by atoms with Crippen LogP contribution in [0.4, 0.5) is 0 Å². The van der Waals surface area contributed by atoms with Crippen LogP contribution in [0.15, 0.2) is 12.3 Å². The molecule has 0 aliphatic heterocycles. The number of rotatable bonds is 4. The van der Waals surface area contributed by atoms with E-state index in [4.69, 9.17) is 0 Å². The summed E-state index contributed by atoms with van der Waals surface area (Å²) in [5.74, 6) is -0.283. The number of hydrogen-bond acceptors (Lipinski definition) is 3. The van der Waals surface area contributed by atoms with E-state index in [-0.39, 0.29) is 5.97 Å². The normalized spacial score (nSPS) is 16.5. The van der Waals surface area contributed by atoms with Gasteiger partial charge in [-0.25, -0.2) is 4.79 Å². The average molecular weight is 169 g/mol. The van der Waals surface area contributed by atoms with E-state index < -0.39 is 0 Å². The third kappa shape index (κ3) is 2.57. The number of ether oxygens (including phenoxy) is 1. The molecule has 1 fully saturated rings. The lowest BCUT2D eigenvalue weighted by Gasteiger charge is -2.16. The molecule has 0 aromatic heterocycles. The first-order valence-corrected chi connectivity index (χ1v) is 4.29. The maximum atomic E-state index is 10.7. The lowest BCUT2D eigenvalue weighted by atomic mass is 10.5. The number of hydrogen-bond donors (Lipinski definition) is 0. The van der Waals surface area contributed by atoms with E-state index >= 15 is 0 Å². The molecule has 3 heteroatoms. The van der Waals surface area contributed by atoms with Crippen molar-refractivity contribution in [2.24, 2.45) is 0 Å². The molecule has 0 aromatic rings. The molecule has 0 radical (unpaired) electrons. The highest BCUT2D eigenvalue weighted by Gasteiger charge is 2.25. The minimum atomic E-state index is -0.283. The molecule has 1 saturated carbocycles. The lowest BCUT2D eigenvalue weighted by molar-refractivity contribution is -0.134. The summed E-state index contributed by atoms with van der Waals surface area (Å²) in [6, 6.07) is 0.663. The molecule has 3 nitrogen and oxygen atoms in total. The molecular weight excluding hydrogens is 154 g/mol. The van der Waals surface area contributed by atoms with E-state index in [0.29, 0.717) is 6.04 Å². The van der Waals surface area contributed by atoms with Crippen LogP contribution in [0.1, 0.15) is 19.8 Å². The van der Waals surface area contributed by atoms with Gasteiger partial charge >= 0.3 is 5.97 Å². The molecule has 12 heavy (non-hydrogen) atoms. The first-order chi connectivity index (χ1) is 5.77. The van der Waals surface area contributed by atoms with Gasteiger partial charge in [-0.05, 0) is 19.8 Å². The summed E-state index contributed by atoms with van der Waals surface area (Å²) in [5, 5.41) is 0. The van der Waals surface area contributed by atoms with Gasteiger partial charge in [-0.1, -0.05) is 0 Å². The van der Waals surface area contributed by atoms with Gasteiger partial charge in [0.15, 0.2) is 0 Å². The number of esters is 1. The first kappa shape index (κ1) is 9.10. The van der Waals surface area contributed by atoms with Crippen LogP contribution in [-0.2, 0) is 9.53 Å². The van der Waals surface area contributed by atoms with E-state index in [9.17, 15) is 4.79 Å². The highest BCUT2D eigenvalue weighted by molar-refractivity contribution is 5.81. The topological polar surface area (TPSA) is 29.5 Å². The minimum absolute atomic E-state index is 0.283. The molecule has 1 rings (SSSR count). The summed E-state index contributed by atoms with van der Waals surface area (Å²) >= 11 is 0. The highest BCUT2D eigenvalue weighted by Crippen LogP contribution is 2.26. The Morgan fingerprint density at radius 3 is 2.75 bits per heavy atom. The zero-order valence-corrected chi connectivity index (χ0v) is 7.62. The van der Waals surface area contributed by atoms with Gasteiger partial charge in [-0.15, -0.1) is 0 Å². The maximum absolute atomic E-state index is 10.7. The molecule has 68 valence electrons. The summed E-state index contributed by atoms with van der Waals surface area (Å²) in [6.45, 7) is 3.04. The van der Waals surface area contributed by atoms with Crippen LogP contribution in [0.2, 0.25) is 0 Å². The Balaban J connectivity index is 2.34. The summed E-state index contributed by atoms with van der Waals surface area (Å²) in [7, 11) is 1.39. The van der Waals surface area contributed by atoms with E-state index in [2.05, 4.69) is 16.6 Å². The molecule has 0 atom stereocenters. The van der Waals surface area contributed by atoms with Crippen LogP contribution in [-0.4, -0.2) is 30.6 Å². The smallest absolute Gasteiger partial charge is 0.331 e. The van der Waals surface area contributed by atoms with Crippen molar-refractivity contribution in [1.82, 2.24) is 4.90 Å². The number of carbonyl (C=O) groups excluding carboxylic acids is 1. The van der Waals surface area contributed by atoms with E-state index in [1.165, 1.54) is 26.0 Å². The van der Waals surface area contributed by atoms with Crippen molar-refractivity contribution in [3.05, 3.63) is 12.3 Å². The van der Waals surface area contributed by atoms with Crippen molar-refractivity contribution in [2.75, 3.05) is 13.7 Å². The molecule has 0 heterocycles. The number of methoxy groups -OCH3 is 1. The second-order valence-electron chi connectivity index (χ2n) is 2.90. The molecular formula is C9H15NO2. The van der Waals surface area contributed by atoms with Gasteiger partial charge in [0.1, 0.15) is 0 Å². The Morgan fingerprint density at radius 2 is 2.33 bits per heavy atom. The molecule has 0 bridgehead atoms. The maximum Gasteiger partial charge on any atom is 0.331 e. The van der Waals surface area contributed by atoms with Crippen molar-refractivity contribution in [2.45, 2.75) is 25.8 Å². The fraction of sp³-hybridized carbons (Fsp3) is 0.667. The summed E-state index contributed by atoms with van der Waals surface area (Å²) < 4.78 is 4.49. The zero-order chi connectivity index (χ0) is 8.97. The van der Waals surface area contributed by atoms with E-state index in [1.54, 1.807) is 0 Å². The van der Waals surface area contributed by atoms with Crippen LogP contribution in [0.25, 0.3) is 0 Å². The number of carbonyl (C=O) groups is 1. The summed E-state index contributed by atoms with van der Waals surface area (Å²) in [6.07, 6.45) is 5.80. The molecule has 1 aliphatic rings. The van der Waals surface area contributed by atoms with Gasteiger partial charge in [-0.2, -0.15) is 0 Å². The zero-order valence-electron chi connectivity index (χ0n) is 7.62. The molecule has 0 amide bonds. The molecule has 0 unspecified atom stereocenters. The predicted octanol–water partition coefficient (Wildman–Crippen LogP) is 1.16. The van der Waals surface area contributed by atoms with Crippen molar-refractivity contribution in [3.63, 3.8) is 0 Å². The Kier molecular flexibility index (Phi) is 3.14. The van der Waals surface area contributed by atoms with Crippen molar-refractivity contribution < 1.29 is 9.53 Å². The van der Waals surface area contributed by atoms with Crippen LogP contribution in [0, 0.1) is 0 Å². The molecule has 0 spiro atoms. The van der Waals surface area contributed by atoms with Gasteiger partial charge in [0.05, 0.1) is 7.11 Å². The van der Waals surface area contributed by atoms with Gasteiger partial charge in [0, 0.05) is 24.9 Å². The lowest BCUT2D eigenvalue weighted by Crippen LogP contribution is -2.19. The van der Waals surface area contributed by atoms with Gasteiger partial charge in [0.25, 0.3) is 0 Å². The quantitative estimate of drug-likeness (QED) is 0.467. The number of nitrogens with zero attached hydrogens (tertiary/aromatic N) is 1. The third-order valence-electron chi connectivity index (χ3n) is 1.98. The molecule has 0 N–H and O–H groups in total. The average Bonchev–Trinajstić information content (AvgIpc) is 2.89. The van der Waals surface area contributed by atoms with Gasteiger partial charge in [0.2, 0.25) is 0 Å².